The summed E-state index contributed by atoms with van der Waals surface area (Å²) in [6, 6.07) is 10.8. The van der Waals surface area contributed by atoms with Crippen LogP contribution in [-0.4, -0.2) is 34.1 Å². The Bertz CT molecular complexity index is 907. The minimum atomic E-state index is -0.179. The van der Waals surface area contributed by atoms with Crippen LogP contribution in [0.5, 0.6) is 0 Å². The van der Waals surface area contributed by atoms with Crippen LogP contribution >= 0.6 is 24.0 Å². The van der Waals surface area contributed by atoms with Gasteiger partial charge in [-0.15, -0.1) is 24.0 Å². The van der Waals surface area contributed by atoms with Crippen molar-refractivity contribution < 1.29 is 4.39 Å². The van der Waals surface area contributed by atoms with Crippen LogP contribution in [0.4, 0.5) is 4.39 Å². The predicted molar refractivity (Wildman–Crippen MR) is 120 cm³/mol. The minimum absolute atomic E-state index is 0. The standard InChI is InChI=1S/C20H23FN6.HI/c1-15-23-11-12-27(15)19-8-7-16(13-25-19)14-26-20(22-2)24-10-9-17-5-3-4-6-18(17)21;/h3-8,11-13H,9-10,14H2,1-2H3,(H2,22,24,26);1H. The maximum atomic E-state index is 13.6. The molecule has 3 aromatic rings. The summed E-state index contributed by atoms with van der Waals surface area (Å²) in [5, 5.41) is 6.43. The number of guanidine groups is 1. The molecule has 0 saturated heterocycles. The molecule has 148 valence electrons. The first-order chi connectivity index (χ1) is 13.2. The Morgan fingerprint density at radius 1 is 1.14 bits per heavy atom. The van der Waals surface area contributed by atoms with E-state index in [1.807, 2.05) is 42.1 Å². The lowest BCUT2D eigenvalue weighted by molar-refractivity contribution is 0.606. The number of hydrogen-bond donors (Lipinski definition) is 2. The fraction of sp³-hybridized carbons (Fsp3) is 0.250. The number of aromatic nitrogens is 3. The van der Waals surface area contributed by atoms with Crippen molar-refractivity contribution in [3.05, 3.63) is 77.8 Å². The second-order valence-electron chi connectivity index (χ2n) is 6.06. The highest BCUT2D eigenvalue weighted by atomic mass is 127. The van der Waals surface area contributed by atoms with E-state index in [-0.39, 0.29) is 29.8 Å². The maximum absolute atomic E-state index is 13.6. The highest BCUT2D eigenvalue weighted by Crippen LogP contribution is 2.08. The highest BCUT2D eigenvalue weighted by Gasteiger charge is 2.04. The van der Waals surface area contributed by atoms with Gasteiger partial charge in [0, 0.05) is 38.7 Å². The largest absolute Gasteiger partial charge is 0.356 e. The van der Waals surface area contributed by atoms with E-state index in [1.54, 1.807) is 25.4 Å². The zero-order valence-electron chi connectivity index (χ0n) is 15.9. The fourth-order valence-electron chi connectivity index (χ4n) is 2.71. The molecule has 2 N–H and O–H groups in total. The van der Waals surface area contributed by atoms with Gasteiger partial charge in [-0.1, -0.05) is 24.3 Å². The minimum Gasteiger partial charge on any atom is -0.356 e. The molecule has 0 fully saturated rings. The number of nitrogens with zero attached hydrogens (tertiary/aromatic N) is 4. The SMILES string of the molecule is CN=C(NCCc1ccccc1F)NCc1ccc(-n2ccnc2C)nc1.I. The van der Waals surface area contributed by atoms with Gasteiger partial charge in [-0.3, -0.25) is 9.56 Å². The van der Waals surface area contributed by atoms with Crippen LogP contribution in [0.15, 0.2) is 60.0 Å². The first-order valence-electron chi connectivity index (χ1n) is 8.80. The van der Waals surface area contributed by atoms with Gasteiger partial charge in [0.25, 0.3) is 0 Å². The molecule has 8 heteroatoms. The van der Waals surface area contributed by atoms with E-state index in [4.69, 9.17) is 0 Å². The second kappa shape index (κ2) is 10.7. The smallest absolute Gasteiger partial charge is 0.191 e. The maximum Gasteiger partial charge on any atom is 0.191 e. The average molecular weight is 494 g/mol. The Kier molecular flexibility index (Phi) is 8.37. The molecule has 1 aromatic carbocycles. The van der Waals surface area contributed by atoms with Gasteiger partial charge < -0.3 is 10.6 Å². The number of pyridine rings is 1. The van der Waals surface area contributed by atoms with E-state index in [2.05, 4.69) is 25.6 Å². The van der Waals surface area contributed by atoms with Gasteiger partial charge in [0.15, 0.2) is 5.96 Å². The summed E-state index contributed by atoms with van der Waals surface area (Å²) in [5.74, 6) is 2.22. The molecule has 0 bridgehead atoms. The number of halogens is 2. The van der Waals surface area contributed by atoms with Gasteiger partial charge in [0.1, 0.15) is 17.5 Å². The monoisotopic (exact) mass is 494 g/mol. The molecule has 2 heterocycles. The molecule has 28 heavy (non-hydrogen) atoms. The second-order valence-corrected chi connectivity index (χ2v) is 6.06. The van der Waals surface area contributed by atoms with Gasteiger partial charge in [-0.2, -0.15) is 0 Å². The Balaban J connectivity index is 0.00000280. The molecule has 2 aromatic heterocycles. The molecule has 0 amide bonds. The van der Waals surface area contributed by atoms with Crippen molar-refractivity contribution in [1.29, 1.82) is 0 Å². The zero-order valence-corrected chi connectivity index (χ0v) is 18.2. The van der Waals surface area contributed by atoms with E-state index in [0.29, 0.717) is 31.0 Å². The Morgan fingerprint density at radius 2 is 1.96 bits per heavy atom. The van der Waals surface area contributed by atoms with Crippen LogP contribution in [0.1, 0.15) is 17.0 Å². The van der Waals surface area contributed by atoms with Crippen LogP contribution in [0.25, 0.3) is 5.82 Å². The van der Waals surface area contributed by atoms with Crippen molar-refractivity contribution in [1.82, 2.24) is 25.2 Å². The number of hydrogen-bond acceptors (Lipinski definition) is 3. The molecule has 0 aliphatic rings. The van der Waals surface area contributed by atoms with Crippen molar-refractivity contribution in [3.8, 4) is 5.82 Å². The first kappa shape index (κ1) is 21.8. The van der Waals surface area contributed by atoms with Crippen molar-refractivity contribution in [2.75, 3.05) is 13.6 Å². The lowest BCUT2D eigenvalue weighted by Gasteiger charge is -2.12. The third-order valence-corrected chi connectivity index (χ3v) is 4.21. The average Bonchev–Trinajstić information content (AvgIpc) is 3.12. The van der Waals surface area contributed by atoms with Gasteiger partial charge in [-0.25, -0.2) is 14.4 Å². The molecule has 6 nitrogen and oxygen atoms in total. The number of benzene rings is 1. The van der Waals surface area contributed by atoms with Crippen molar-refractivity contribution >= 4 is 29.9 Å². The topological polar surface area (TPSA) is 67.1 Å². The number of aryl methyl sites for hydroxylation is 1. The van der Waals surface area contributed by atoms with Gasteiger partial charge in [0.2, 0.25) is 0 Å². The van der Waals surface area contributed by atoms with E-state index in [1.165, 1.54) is 6.07 Å². The summed E-state index contributed by atoms with van der Waals surface area (Å²) < 4.78 is 15.6. The molecule has 0 unspecified atom stereocenters. The number of aliphatic imine (C=N–C) groups is 1. The van der Waals surface area contributed by atoms with Gasteiger partial charge >= 0.3 is 0 Å². The molecular weight excluding hydrogens is 470 g/mol. The van der Waals surface area contributed by atoms with Crippen molar-refractivity contribution in [2.24, 2.45) is 4.99 Å². The zero-order chi connectivity index (χ0) is 19.1. The van der Waals surface area contributed by atoms with E-state index in [0.717, 1.165) is 17.2 Å². The van der Waals surface area contributed by atoms with Crippen LogP contribution in [0.2, 0.25) is 0 Å². The van der Waals surface area contributed by atoms with Crippen LogP contribution in [0, 0.1) is 12.7 Å². The van der Waals surface area contributed by atoms with E-state index in [9.17, 15) is 4.39 Å². The van der Waals surface area contributed by atoms with Crippen molar-refractivity contribution in [2.45, 2.75) is 19.9 Å². The fourth-order valence-corrected chi connectivity index (χ4v) is 2.71. The third kappa shape index (κ3) is 5.75. The molecule has 0 aliphatic carbocycles. The first-order valence-corrected chi connectivity index (χ1v) is 8.80. The molecule has 0 aliphatic heterocycles. The summed E-state index contributed by atoms with van der Waals surface area (Å²) in [7, 11) is 1.71. The number of nitrogens with one attached hydrogen (secondary N) is 2. The summed E-state index contributed by atoms with van der Waals surface area (Å²) in [6.07, 6.45) is 6.06. The Morgan fingerprint density at radius 3 is 2.61 bits per heavy atom. The van der Waals surface area contributed by atoms with Gasteiger partial charge in [-0.05, 0) is 36.6 Å². The van der Waals surface area contributed by atoms with E-state index >= 15 is 0 Å². The Hall–Kier alpha value is -2.49. The lowest BCUT2D eigenvalue weighted by Crippen LogP contribution is -2.37. The molecular formula is C20H24FIN6. The van der Waals surface area contributed by atoms with Crippen LogP contribution in [0.3, 0.4) is 0 Å². The molecule has 0 spiro atoms. The number of rotatable bonds is 6. The summed E-state index contributed by atoms with van der Waals surface area (Å²) in [6.45, 7) is 3.13. The normalized spacial score (nSPS) is 11.0. The Labute approximate surface area is 181 Å². The van der Waals surface area contributed by atoms with Crippen LogP contribution < -0.4 is 10.6 Å². The van der Waals surface area contributed by atoms with Gasteiger partial charge in [0.05, 0.1) is 0 Å². The molecule has 3 rings (SSSR count). The molecule has 0 saturated carbocycles. The summed E-state index contributed by atoms with van der Waals surface area (Å²) in [5.41, 5.74) is 1.73. The van der Waals surface area contributed by atoms with E-state index < -0.39 is 0 Å². The summed E-state index contributed by atoms with van der Waals surface area (Å²) >= 11 is 0. The molecule has 0 atom stereocenters. The highest BCUT2D eigenvalue weighted by molar-refractivity contribution is 14.0. The van der Waals surface area contributed by atoms with Crippen molar-refractivity contribution in [3.63, 3.8) is 0 Å². The third-order valence-electron chi connectivity index (χ3n) is 4.21. The molecule has 0 radical (unpaired) electrons. The van der Waals surface area contributed by atoms with Crippen LogP contribution in [-0.2, 0) is 13.0 Å². The lowest BCUT2D eigenvalue weighted by atomic mass is 10.1. The predicted octanol–water partition coefficient (Wildman–Crippen LogP) is 3.24. The number of imidazole rings is 1. The summed E-state index contributed by atoms with van der Waals surface area (Å²) in [4.78, 5) is 12.9. The quantitative estimate of drug-likeness (QED) is 0.314.